The molecule has 0 spiro atoms. The topological polar surface area (TPSA) is 6.48 Å². The fourth-order valence-electron chi connectivity index (χ4n) is 10.7. The number of para-hydroxylation sites is 2. The Balaban J connectivity index is 1.17. The standard InChI is InChI=1S/C60H80N2/c1-7-9-11-13-15-17-19-21-23-27-33-47-39-41-55-51(43-47)59(3,4)53-45-58-54(46-57(53)61(55)49-35-29-25-30-36-49)60(5,6)52-44-48(34-28-24-22-20-18-16-14-12-10-8-2)40-42-56(52)62(58)50-37-31-26-32-38-50/h25-26,29-32,35-46H,7-24,27-28,33-34H2,1-6H3. The van der Waals surface area contributed by atoms with Crippen LogP contribution in [0, 0.1) is 0 Å². The van der Waals surface area contributed by atoms with Crippen molar-refractivity contribution in [2.24, 2.45) is 0 Å². The summed E-state index contributed by atoms with van der Waals surface area (Å²) in [5.74, 6) is 0. The minimum atomic E-state index is -0.190. The minimum Gasteiger partial charge on any atom is -0.310 e. The highest BCUT2D eigenvalue weighted by Gasteiger charge is 2.43. The fraction of sp³-hybridized carbons (Fsp3) is 0.500. The maximum atomic E-state index is 2.58. The van der Waals surface area contributed by atoms with Gasteiger partial charge in [0.1, 0.15) is 0 Å². The molecule has 2 nitrogen and oxygen atoms in total. The lowest BCUT2D eigenvalue weighted by Gasteiger charge is -2.47. The summed E-state index contributed by atoms with van der Waals surface area (Å²) in [6.07, 6.45) is 29.7. The number of anilines is 6. The number of hydrogen-bond acceptors (Lipinski definition) is 2. The molecule has 0 aromatic heterocycles. The second-order valence-electron chi connectivity index (χ2n) is 20.0. The van der Waals surface area contributed by atoms with E-state index in [9.17, 15) is 0 Å². The molecule has 0 fully saturated rings. The molecular weight excluding hydrogens is 749 g/mol. The molecule has 0 saturated heterocycles. The van der Waals surface area contributed by atoms with Gasteiger partial charge in [0, 0.05) is 22.2 Å². The highest BCUT2D eigenvalue weighted by atomic mass is 15.2. The van der Waals surface area contributed by atoms with Gasteiger partial charge in [-0.3, -0.25) is 0 Å². The van der Waals surface area contributed by atoms with Gasteiger partial charge in [-0.05, 0) is 108 Å². The lowest BCUT2D eigenvalue weighted by atomic mass is 9.68. The van der Waals surface area contributed by atoms with Crippen LogP contribution in [0.2, 0.25) is 0 Å². The van der Waals surface area contributed by atoms with Crippen LogP contribution in [0.5, 0.6) is 0 Å². The Morgan fingerprint density at radius 1 is 0.323 bits per heavy atom. The van der Waals surface area contributed by atoms with Gasteiger partial charge in [0.05, 0.1) is 22.7 Å². The third-order valence-corrected chi connectivity index (χ3v) is 14.6. The van der Waals surface area contributed by atoms with Crippen LogP contribution in [-0.4, -0.2) is 0 Å². The molecule has 0 unspecified atom stereocenters. The monoisotopic (exact) mass is 829 g/mol. The number of nitrogens with zero attached hydrogens (tertiary/aromatic N) is 2. The summed E-state index contributed by atoms with van der Waals surface area (Å²) in [6, 6.07) is 42.2. The van der Waals surface area contributed by atoms with Crippen LogP contribution in [0.3, 0.4) is 0 Å². The molecule has 0 saturated carbocycles. The molecule has 5 aromatic carbocycles. The number of hydrogen-bond donors (Lipinski definition) is 0. The average molecular weight is 829 g/mol. The van der Waals surface area contributed by atoms with Crippen molar-refractivity contribution < 1.29 is 0 Å². The molecule has 0 aliphatic carbocycles. The summed E-state index contributed by atoms with van der Waals surface area (Å²) in [6.45, 7) is 14.5. The van der Waals surface area contributed by atoms with E-state index in [0.717, 1.165) is 12.8 Å². The smallest absolute Gasteiger partial charge is 0.0507 e. The SMILES string of the molecule is CCCCCCCCCCCCc1ccc2c(c1)C(C)(C)c1cc3c(cc1N2c1ccccc1)C(C)(C)c1cc(CCCCCCCCCCCC)ccc1N3c1ccccc1. The van der Waals surface area contributed by atoms with Gasteiger partial charge >= 0.3 is 0 Å². The molecule has 330 valence electrons. The molecule has 5 aromatic rings. The van der Waals surface area contributed by atoms with Crippen LogP contribution < -0.4 is 9.80 Å². The first-order chi connectivity index (χ1) is 30.3. The Kier molecular flexibility index (Phi) is 16.1. The zero-order valence-corrected chi connectivity index (χ0v) is 39.8. The Morgan fingerprint density at radius 3 is 0.968 bits per heavy atom. The zero-order valence-electron chi connectivity index (χ0n) is 39.8. The number of unbranched alkanes of at least 4 members (excludes halogenated alkanes) is 18. The summed E-state index contributed by atoms with van der Waals surface area (Å²) < 4.78 is 0. The van der Waals surface area contributed by atoms with E-state index >= 15 is 0 Å². The third-order valence-electron chi connectivity index (χ3n) is 14.6. The molecule has 0 amide bonds. The van der Waals surface area contributed by atoms with Gasteiger partial charge in [0.15, 0.2) is 0 Å². The maximum Gasteiger partial charge on any atom is 0.0507 e. The van der Waals surface area contributed by atoms with E-state index in [1.54, 1.807) is 0 Å². The number of fused-ring (bicyclic) bond motifs is 4. The van der Waals surface area contributed by atoms with Crippen molar-refractivity contribution in [2.45, 2.75) is 194 Å². The van der Waals surface area contributed by atoms with E-state index < -0.39 is 0 Å². The van der Waals surface area contributed by atoms with Crippen LogP contribution in [0.4, 0.5) is 34.1 Å². The first-order valence-corrected chi connectivity index (χ1v) is 25.4. The van der Waals surface area contributed by atoms with E-state index in [-0.39, 0.29) is 10.8 Å². The minimum absolute atomic E-state index is 0.190. The summed E-state index contributed by atoms with van der Waals surface area (Å²) >= 11 is 0. The number of rotatable bonds is 24. The Morgan fingerprint density at radius 2 is 0.629 bits per heavy atom. The Hall–Kier alpha value is -4.30. The van der Waals surface area contributed by atoms with Crippen molar-refractivity contribution >= 4 is 34.1 Å². The van der Waals surface area contributed by atoms with Gasteiger partial charge in [-0.2, -0.15) is 0 Å². The third kappa shape index (κ3) is 10.5. The first kappa shape index (κ1) is 45.7. The normalized spacial score (nSPS) is 14.6. The van der Waals surface area contributed by atoms with Crippen molar-refractivity contribution in [1.82, 2.24) is 0 Å². The first-order valence-electron chi connectivity index (χ1n) is 25.4. The second-order valence-corrected chi connectivity index (χ2v) is 20.0. The van der Waals surface area contributed by atoms with E-state index in [1.807, 2.05) is 0 Å². The Bertz CT molecular complexity index is 1990. The number of aryl methyl sites for hydroxylation is 2. The second kappa shape index (κ2) is 21.9. The van der Waals surface area contributed by atoms with Crippen molar-refractivity contribution in [3.05, 3.63) is 143 Å². The van der Waals surface area contributed by atoms with Crippen molar-refractivity contribution in [3.63, 3.8) is 0 Å². The highest BCUT2D eigenvalue weighted by Crippen LogP contribution is 2.59. The van der Waals surface area contributed by atoms with Gasteiger partial charge in [-0.15, -0.1) is 0 Å². The zero-order chi connectivity index (χ0) is 43.4. The van der Waals surface area contributed by atoms with Gasteiger partial charge in [0.2, 0.25) is 0 Å². The van der Waals surface area contributed by atoms with E-state index in [2.05, 4.69) is 161 Å². The van der Waals surface area contributed by atoms with E-state index in [0.29, 0.717) is 0 Å². The molecule has 2 heterocycles. The molecule has 62 heavy (non-hydrogen) atoms. The molecule has 2 aliphatic heterocycles. The predicted molar refractivity (Wildman–Crippen MR) is 271 cm³/mol. The maximum absolute atomic E-state index is 2.58. The molecule has 2 aliphatic rings. The van der Waals surface area contributed by atoms with Gasteiger partial charge in [0.25, 0.3) is 0 Å². The summed E-state index contributed by atoms with van der Waals surface area (Å²) in [4.78, 5) is 5.14. The lowest BCUT2D eigenvalue weighted by molar-refractivity contribution is 0.556. The summed E-state index contributed by atoms with van der Waals surface area (Å²) in [7, 11) is 0. The van der Waals surface area contributed by atoms with Crippen molar-refractivity contribution in [2.75, 3.05) is 9.80 Å². The van der Waals surface area contributed by atoms with Gasteiger partial charge in [-0.25, -0.2) is 0 Å². The van der Waals surface area contributed by atoms with Crippen LogP contribution in [0.25, 0.3) is 0 Å². The largest absolute Gasteiger partial charge is 0.310 e. The molecule has 0 N–H and O–H groups in total. The molecule has 2 heteroatoms. The van der Waals surface area contributed by atoms with Crippen molar-refractivity contribution in [1.29, 1.82) is 0 Å². The predicted octanol–water partition coefficient (Wildman–Crippen LogP) is 18.8. The quantitative estimate of drug-likeness (QED) is 0.0572. The molecular formula is C60H80N2. The average Bonchev–Trinajstić information content (AvgIpc) is 3.28. The van der Waals surface area contributed by atoms with Crippen LogP contribution in [0.1, 0.15) is 203 Å². The van der Waals surface area contributed by atoms with Gasteiger partial charge in [-0.1, -0.05) is 218 Å². The van der Waals surface area contributed by atoms with Crippen LogP contribution in [0.15, 0.2) is 109 Å². The lowest BCUT2D eigenvalue weighted by Crippen LogP contribution is -2.35. The number of benzene rings is 5. The Labute approximate surface area is 378 Å². The summed E-state index contributed by atoms with van der Waals surface area (Å²) in [5.41, 5.74) is 15.9. The van der Waals surface area contributed by atoms with Crippen molar-refractivity contribution in [3.8, 4) is 0 Å². The molecule has 7 rings (SSSR count). The van der Waals surface area contributed by atoms with Crippen LogP contribution >= 0.6 is 0 Å². The van der Waals surface area contributed by atoms with Crippen LogP contribution in [-0.2, 0) is 23.7 Å². The van der Waals surface area contributed by atoms with E-state index in [4.69, 9.17) is 0 Å². The molecule has 0 bridgehead atoms. The summed E-state index contributed by atoms with van der Waals surface area (Å²) in [5, 5.41) is 0. The highest BCUT2D eigenvalue weighted by molar-refractivity contribution is 5.93. The molecule has 0 atom stereocenters. The molecule has 0 radical (unpaired) electrons. The fourth-order valence-corrected chi connectivity index (χ4v) is 10.7. The van der Waals surface area contributed by atoms with Gasteiger partial charge < -0.3 is 9.80 Å². The van der Waals surface area contributed by atoms with E-state index in [1.165, 1.54) is 196 Å².